The summed E-state index contributed by atoms with van der Waals surface area (Å²) in [4.78, 5) is 19.0. The number of hydrogen-bond donors (Lipinski definition) is 3. The first-order chi connectivity index (χ1) is 15.0. The summed E-state index contributed by atoms with van der Waals surface area (Å²) in [6.07, 6.45) is 0.713. The third kappa shape index (κ3) is 3.32. The van der Waals surface area contributed by atoms with Crippen LogP contribution in [0.3, 0.4) is 0 Å². The SMILES string of the molecule is CN1CC([C@@H](O)c2c(C(N)=O)nc3n2C2CC(C2)c2cc(F)c(C#CC(C)(C)O)cc2-3)C1. The summed E-state index contributed by atoms with van der Waals surface area (Å²) in [6.45, 7) is 4.53. The third-order valence-corrected chi connectivity index (χ3v) is 6.80. The van der Waals surface area contributed by atoms with Crippen molar-refractivity contribution in [2.24, 2.45) is 11.7 Å². The third-order valence-electron chi connectivity index (χ3n) is 6.80. The highest BCUT2D eigenvalue weighted by Gasteiger charge is 2.44. The van der Waals surface area contributed by atoms with E-state index >= 15 is 0 Å². The number of nitrogens with two attached hydrogens (primary N) is 1. The van der Waals surface area contributed by atoms with Crippen molar-refractivity contribution in [2.75, 3.05) is 20.1 Å². The zero-order chi connectivity index (χ0) is 22.9. The number of halogens is 1. The number of aromatic nitrogens is 2. The first-order valence-corrected chi connectivity index (χ1v) is 10.9. The normalized spacial score (nSPS) is 23.1. The molecule has 2 fully saturated rings. The van der Waals surface area contributed by atoms with E-state index in [4.69, 9.17) is 5.73 Å². The first kappa shape index (κ1) is 21.1. The minimum absolute atomic E-state index is 0.000993. The molecule has 1 atom stereocenters. The summed E-state index contributed by atoms with van der Waals surface area (Å²) in [5.74, 6) is 4.95. The monoisotopic (exact) mass is 438 g/mol. The van der Waals surface area contributed by atoms with Gasteiger partial charge in [-0.2, -0.15) is 0 Å². The second kappa shape index (κ2) is 7.14. The van der Waals surface area contributed by atoms with Crippen LogP contribution in [0.2, 0.25) is 0 Å². The number of hydrogen-bond acceptors (Lipinski definition) is 5. The number of carbonyl (C=O) groups is 1. The van der Waals surface area contributed by atoms with Gasteiger partial charge in [0.25, 0.3) is 5.91 Å². The lowest BCUT2D eigenvalue weighted by Crippen LogP contribution is -2.47. The van der Waals surface area contributed by atoms with Gasteiger partial charge in [-0.25, -0.2) is 9.37 Å². The molecular formula is C24H27FN4O3. The van der Waals surface area contributed by atoms with E-state index in [9.17, 15) is 19.4 Å². The Labute approximate surface area is 186 Å². The second-order valence-corrected chi connectivity index (χ2v) is 9.88. The maximum atomic E-state index is 14.9. The Hall–Kier alpha value is -2.73. The average molecular weight is 439 g/mol. The minimum Gasteiger partial charge on any atom is -0.386 e. The molecule has 32 heavy (non-hydrogen) atoms. The number of rotatable bonds is 3. The van der Waals surface area contributed by atoms with Gasteiger partial charge in [-0.05, 0) is 57.4 Å². The molecule has 0 unspecified atom stereocenters. The lowest BCUT2D eigenvalue weighted by molar-refractivity contribution is 0.00262. The molecule has 2 bridgehead atoms. The van der Waals surface area contributed by atoms with Gasteiger partial charge in [-0.1, -0.05) is 11.8 Å². The molecule has 6 rings (SSSR count). The summed E-state index contributed by atoms with van der Waals surface area (Å²) in [5, 5.41) is 21.1. The molecule has 4 heterocycles. The number of imidazole rings is 1. The van der Waals surface area contributed by atoms with E-state index in [1.807, 2.05) is 11.6 Å². The van der Waals surface area contributed by atoms with Crippen LogP contribution in [0.25, 0.3) is 11.4 Å². The Morgan fingerprint density at radius 3 is 2.62 bits per heavy atom. The molecule has 168 valence electrons. The zero-order valence-corrected chi connectivity index (χ0v) is 18.4. The average Bonchev–Trinajstić information content (AvgIpc) is 2.92. The highest BCUT2D eigenvalue weighted by Crippen LogP contribution is 2.54. The smallest absolute Gasteiger partial charge is 0.269 e. The van der Waals surface area contributed by atoms with Gasteiger partial charge in [0.2, 0.25) is 0 Å². The van der Waals surface area contributed by atoms with Gasteiger partial charge >= 0.3 is 0 Å². The summed E-state index contributed by atoms with van der Waals surface area (Å²) >= 11 is 0. The quantitative estimate of drug-likeness (QED) is 0.636. The van der Waals surface area contributed by atoms with Gasteiger partial charge in [-0.3, -0.25) is 4.79 Å². The summed E-state index contributed by atoms with van der Waals surface area (Å²) in [7, 11) is 1.98. The number of primary amides is 1. The second-order valence-electron chi connectivity index (χ2n) is 9.88. The fourth-order valence-corrected chi connectivity index (χ4v) is 5.13. The van der Waals surface area contributed by atoms with Crippen molar-refractivity contribution >= 4 is 5.91 Å². The number of benzene rings is 1. The predicted molar refractivity (Wildman–Crippen MR) is 116 cm³/mol. The molecule has 0 radical (unpaired) electrons. The number of aliphatic hydroxyl groups excluding tert-OH is 1. The Morgan fingerprint density at radius 2 is 2.03 bits per heavy atom. The fourth-order valence-electron chi connectivity index (χ4n) is 5.13. The molecular weight excluding hydrogens is 411 g/mol. The largest absolute Gasteiger partial charge is 0.386 e. The Bertz CT molecular complexity index is 1170. The van der Waals surface area contributed by atoms with Gasteiger partial charge in [0.1, 0.15) is 23.3 Å². The number of aliphatic hydroxyl groups is 2. The highest BCUT2D eigenvalue weighted by molar-refractivity contribution is 5.93. The van der Waals surface area contributed by atoms with Crippen LogP contribution >= 0.6 is 0 Å². The van der Waals surface area contributed by atoms with Crippen LogP contribution in [-0.4, -0.2) is 56.3 Å². The van der Waals surface area contributed by atoms with Crippen molar-refractivity contribution in [1.29, 1.82) is 0 Å². The number of amides is 1. The fraction of sp³-hybridized carbons (Fsp3) is 0.500. The lowest BCUT2D eigenvalue weighted by Gasteiger charge is -2.41. The molecule has 0 spiro atoms. The lowest BCUT2D eigenvalue weighted by atomic mass is 9.75. The predicted octanol–water partition coefficient (Wildman–Crippen LogP) is 1.94. The standard InChI is InChI=1S/C24H27FN4O3/c1-24(2,32)5-4-12-8-17-16(9-18(12)25)13-6-15(7-13)29-20(19(22(26)31)27-23(17)29)21(30)14-10-28(3)11-14/h8-9,13-15,21,30,32H,6-7,10-11H2,1-3H3,(H2,26,31)/t13?,15?,21-/m1/s1. The van der Waals surface area contributed by atoms with Gasteiger partial charge in [0.05, 0.1) is 11.3 Å². The first-order valence-electron chi connectivity index (χ1n) is 10.9. The molecule has 7 nitrogen and oxygen atoms in total. The maximum absolute atomic E-state index is 14.9. The van der Waals surface area contributed by atoms with Gasteiger partial charge in [-0.15, -0.1) is 0 Å². The van der Waals surface area contributed by atoms with E-state index in [-0.39, 0.29) is 29.1 Å². The van der Waals surface area contributed by atoms with E-state index < -0.39 is 23.4 Å². The molecule has 1 aliphatic carbocycles. The van der Waals surface area contributed by atoms with E-state index in [0.29, 0.717) is 17.1 Å². The van der Waals surface area contributed by atoms with Crippen molar-refractivity contribution in [3.8, 4) is 23.2 Å². The van der Waals surface area contributed by atoms with Crippen LogP contribution in [-0.2, 0) is 0 Å². The molecule has 1 saturated heterocycles. The van der Waals surface area contributed by atoms with Crippen LogP contribution < -0.4 is 5.73 Å². The van der Waals surface area contributed by atoms with Crippen LogP contribution in [0, 0.1) is 23.6 Å². The van der Waals surface area contributed by atoms with E-state index in [2.05, 4.69) is 21.7 Å². The molecule has 4 aliphatic rings. The van der Waals surface area contributed by atoms with Crippen LogP contribution in [0.1, 0.15) is 72.1 Å². The Balaban J connectivity index is 1.69. The Morgan fingerprint density at radius 1 is 1.34 bits per heavy atom. The van der Waals surface area contributed by atoms with Crippen LogP contribution in [0.15, 0.2) is 12.1 Å². The topological polar surface area (TPSA) is 105 Å². The molecule has 1 saturated carbocycles. The van der Waals surface area contributed by atoms with E-state index in [1.54, 1.807) is 6.07 Å². The van der Waals surface area contributed by atoms with Crippen molar-refractivity contribution in [2.45, 2.75) is 50.4 Å². The number of carbonyl (C=O) groups excluding carboxylic acids is 1. The molecule has 1 amide bonds. The Kier molecular flexibility index (Phi) is 4.71. The number of likely N-dealkylation sites (tertiary alicyclic amines) is 1. The minimum atomic E-state index is -1.26. The summed E-state index contributed by atoms with van der Waals surface area (Å²) in [6, 6.07) is 3.20. The van der Waals surface area contributed by atoms with Crippen LogP contribution in [0.5, 0.6) is 0 Å². The maximum Gasteiger partial charge on any atom is 0.269 e. The van der Waals surface area contributed by atoms with Gasteiger partial charge in [0, 0.05) is 30.6 Å². The molecule has 3 aliphatic heterocycles. The van der Waals surface area contributed by atoms with Crippen molar-refractivity contribution in [3.63, 3.8) is 0 Å². The molecule has 8 heteroatoms. The van der Waals surface area contributed by atoms with Crippen molar-refractivity contribution in [1.82, 2.24) is 14.5 Å². The zero-order valence-electron chi connectivity index (χ0n) is 18.4. The van der Waals surface area contributed by atoms with E-state index in [1.165, 1.54) is 19.9 Å². The summed E-state index contributed by atoms with van der Waals surface area (Å²) < 4.78 is 16.8. The van der Waals surface area contributed by atoms with Gasteiger partial charge < -0.3 is 25.4 Å². The van der Waals surface area contributed by atoms with E-state index in [0.717, 1.165) is 31.5 Å². The van der Waals surface area contributed by atoms with Crippen molar-refractivity contribution in [3.05, 3.63) is 40.5 Å². The van der Waals surface area contributed by atoms with Crippen molar-refractivity contribution < 1.29 is 19.4 Å². The van der Waals surface area contributed by atoms with Gasteiger partial charge in [0.15, 0.2) is 5.69 Å². The van der Waals surface area contributed by atoms with Crippen LogP contribution in [0.4, 0.5) is 4.39 Å². The summed E-state index contributed by atoms with van der Waals surface area (Å²) in [5.41, 5.74) is 6.64. The number of nitrogens with zero attached hydrogens (tertiary/aromatic N) is 3. The molecule has 1 aromatic heterocycles. The molecule has 4 N–H and O–H groups in total. The highest BCUT2D eigenvalue weighted by atomic mass is 19.1. The molecule has 1 aromatic carbocycles. The molecule has 2 aromatic rings.